The van der Waals surface area contributed by atoms with Gasteiger partial charge in [0, 0.05) is 25.9 Å². The normalized spacial score (nSPS) is 25.0. The third-order valence-electron chi connectivity index (χ3n) is 3.48. The van der Waals surface area contributed by atoms with Crippen LogP contribution in [0.5, 0.6) is 0 Å². The van der Waals surface area contributed by atoms with Crippen molar-refractivity contribution in [3.05, 3.63) is 18.0 Å². The summed E-state index contributed by atoms with van der Waals surface area (Å²) in [5.41, 5.74) is 2.10. The van der Waals surface area contributed by atoms with E-state index in [-0.39, 0.29) is 0 Å². The first kappa shape index (κ1) is 17.2. The maximum Gasteiger partial charge on any atom is 0.414 e. The van der Waals surface area contributed by atoms with Crippen LogP contribution in [0.25, 0.3) is 0 Å². The summed E-state index contributed by atoms with van der Waals surface area (Å²) in [7, 11) is 3.01. The second-order valence-electron chi connectivity index (χ2n) is 5.18. The number of hydrogen-bond acceptors (Lipinski definition) is 5. The molecule has 1 aromatic rings. The number of aryl methyl sites for hydroxylation is 1. The standard InChI is InChI=1S/C12H15F3N4O4/c1-18-4-6(3-16-18)8-7(9(20)11(22)19(8)2)10(21)17-23-5-12(13,14)15/h3-4,7-9,20H,5H2,1-2H3,(H,17,21)/t7-,8-,9-/m1/s1. The molecule has 0 radical (unpaired) electrons. The van der Waals surface area contributed by atoms with Crippen LogP contribution >= 0.6 is 0 Å². The van der Waals surface area contributed by atoms with Crippen LogP contribution in [0.1, 0.15) is 11.6 Å². The van der Waals surface area contributed by atoms with E-state index in [2.05, 4.69) is 9.94 Å². The van der Waals surface area contributed by atoms with Gasteiger partial charge in [0.15, 0.2) is 6.61 Å². The van der Waals surface area contributed by atoms with Crippen molar-refractivity contribution < 1.29 is 32.7 Å². The van der Waals surface area contributed by atoms with E-state index < -0.39 is 42.7 Å². The number of hydrogen-bond donors (Lipinski definition) is 2. The van der Waals surface area contributed by atoms with E-state index in [1.54, 1.807) is 18.7 Å². The van der Waals surface area contributed by atoms with Crippen molar-refractivity contribution in [1.82, 2.24) is 20.2 Å². The van der Waals surface area contributed by atoms with Gasteiger partial charge >= 0.3 is 6.18 Å². The predicted molar refractivity (Wildman–Crippen MR) is 68.4 cm³/mol. The molecule has 1 aromatic heterocycles. The lowest BCUT2D eigenvalue weighted by Crippen LogP contribution is -2.40. The molecule has 8 nitrogen and oxygen atoms in total. The van der Waals surface area contributed by atoms with Crippen molar-refractivity contribution in [2.45, 2.75) is 18.3 Å². The fraction of sp³-hybridized carbons (Fsp3) is 0.583. The summed E-state index contributed by atoms with van der Waals surface area (Å²) in [6, 6.07) is -0.860. The monoisotopic (exact) mass is 336 g/mol. The highest BCUT2D eigenvalue weighted by Crippen LogP contribution is 2.37. The zero-order valence-electron chi connectivity index (χ0n) is 12.2. The summed E-state index contributed by atoms with van der Waals surface area (Å²) < 4.78 is 37.5. The molecule has 1 fully saturated rings. The number of amides is 2. The first-order chi connectivity index (χ1) is 10.6. The fourth-order valence-corrected chi connectivity index (χ4v) is 2.48. The number of halogens is 3. The van der Waals surface area contributed by atoms with Crippen LogP contribution in [-0.2, 0) is 21.5 Å². The lowest BCUT2D eigenvalue weighted by Gasteiger charge is -2.23. The number of rotatable bonds is 4. The first-order valence-corrected chi connectivity index (χ1v) is 6.53. The molecule has 0 unspecified atom stereocenters. The van der Waals surface area contributed by atoms with Crippen molar-refractivity contribution >= 4 is 11.8 Å². The van der Waals surface area contributed by atoms with Crippen LogP contribution in [0.3, 0.4) is 0 Å². The van der Waals surface area contributed by atoms with E-state index in [9.17, 15) is 27.9 Å². The van der Waals surface area contributed by atoms with Crippen LogP contribution < -0.4 is 5.48 Å². The third kappa shape index (κ3) is 3.62. The van der Waals surface area contributed by atoms with Gasteiger partial charge in [-0.15, -0.1) is 0 Å². The zero-order chi connectivity index (χ0) is 17.4. The topological polar surface area (TPSA) is 96.7 Å². The lowest BCUT2D eigenvalue weighted by atomic mass is 9.93. The molecule has 2 N–H and O–H groups in total. The number of nitrogens with zero attached hydrogens (tertiary/aromatic N) is 3. The minimum absolute atomic E-state index is 0.468. The SMILES string of the molecule is CN1C(=O)[C@H](O)[C@H](C(=O)NOCC(F)(F)F)[C@H]1c1cnn(C)c1. The molecule has 11 heteroatoms. The molecule has 0 bridgehead atoms. The van der Waals surface area contributed by atoms with Crippen LogP contribution in [0.4, 0.5) is 13.2 Å². The van der Waals surface area contributed by atoms with Crippen molar-refractivity contribution in [3.63, 3.8) is 0 Å². The Balaban J connectivity index is 2.16. The van der Waals surface area contributed by atoms with Gasteiger partial charge in [0.2, 0.25) is 0 Å². The molecule has 1 saturated heterocycles. The summed E-state index contributed by atoms with van der Waals surface area (Å²) in [5, 5.41) is 13.9. The van der Waals surface area contributed by atoms with Crippen molar-refractivity contribution in [1.29, 1.82) is 0 Å². The molecule has 2 heterocycles. The summed E-state index contributed by atoms with van der Waals surface area (Å²) in [6.07, 6.45) is -3.34. The number of likely N-dealkylation sites (N-methyl/N-ethyl adjacent to an activating group) is 1. The molecule has 23 heavy (non-hydrogen) atoms. The highest BCUT2D eigenvalue weighted by molar-refractivity contribution is 5.93. The predicted octanol–water partition coefficient (Wildman–Crippen LogP) is -0.480. The van der Waals surface area contributed by atoms with Gasteiger partial charge in [-0.2, -0.15) is 18.3 Å². The lowest BCUT2D eigenvalue weighted by molar-refractivity contribution is -0.193. The largest absolute Gasteiger partial charge is 0.414 e. The Kier molecular flexibility index (Phi) is 4.61. The highest BCUT2D eigenvalue weighted by atomic mass is 19.4. The maximum atomic E-state index is 12.1. The molecular weight excluding hydrogens is 321 g/mol. The Bertz CT molecular complexity index is 603. The number of alkyl halides is 3. The fourth-order valence-electron chi connectivity index (χ4n) is 2.48. The molecule has 2 amide bonds. The molecule has 3 atom stereocenters. The number of likely N-dealkylation sites (tertiary alicyclic amines) is 1. The van der Waals surface area contributed by atoms with E-state index in [0.717, 1.165) is 4.90 Å². The molecule has 128 valence electrons. The minimum atomic E-state index is -4.61. The first-order valence-electron chi connectivity index (χ1n) is 6.53. The van der Waals surface area contributed by atoms with Gasteiger partial charge in [0.25, 0.3) is 11.8 Å². The average Bonchev–Trinajstić information content (AvgIpc) is 2.94. The number of carbonyl (C=O) groups excluding carboxylic acids is 2. The van der Waals surface area contributed by atoms with Crippen LogP contribution in [0, 0.1) is 5.92 Å². The second-order valence-corrected chi connectivity index (χ2v) is 5.18. The van der Waals surface area contributed by atoms with E-state index in [0.29, 0.717) is 5.56 Å². The molecule has 2 rings (SSSR count). The maximum absolute atomic E-state index is 12.1. The number of aliphatic hydroxyl groups is 1. The van der Waals surface area contributed by atoms with Crippen LogP contribution in [-0.4, -0.2) is 57.5 Å². The Morgan fingerprint density at radius 1 is 1.48 bits per heavy atom. The van der Waals surface area contributed by atoms with Gasteiger partial charge < -0.3 is 10.0 Å². The molecular formula is C12H15F3N4O4. The van der Waals surface area contributed by atoms with Gasteiger partial charge in [-0.05, 0) is 0 Å². The number of aliphatic hydroxyl groups excluding tert-OH is 1. The Hall–Kier alpha value is -2.14. The quantitative estimate of drug-likeness (QED) is 0.724. The molecule has 0 aromatic carbocycles. The highest BCUT2D eigenvalue weighted by Gasteiger charge is 2.50. The van der Waals surface area contributed by atoms with Crippen molar-refractivity contribution in [2.75, 3.05) is 13.7 Å². The third-order valence-corrected chi connectivity index (χ3v) is 3.48. The Labute approximate surface area is 128 Å². The second kappa shape index (κ2) is 6.16. The number of aromatic nitrogens is 2. The number of hydroxylamine groups is 1. The van der Waals surface area contributed by atoms with Gasteiger partial charge in [0.05, 0.1) is 18.2 Å². The molecule has 1 aliphatic rings. The summed E-state index contributed by atoms with van der Waals surface area (Å²) in [6.45, 7) is -1.68. The summed E-state index contributed by atoms with van der Waals surface area (Å²) in [4.78, 5) is 29.2. The minimum Gasteiger partial charge on any atom is -0.382 e. The van der Waals surface area contributed by atoms with Gasteiger partial charge in [0.1, 0.15) is 6.10 Å². The number of nitrogens with one attached hydrogen (secondary N) is 1. The van der Waals surface area contributed by atoms with E-state index in [1.165, 1.54) is 17.9 Å². The van der Waals surface area contributed by atoms with Crippen LogP contribution in [0.2, 0.25) is 0 Å². The van der Waals surface area contributed by atoms with E-state index >= 15 is 0 Å². The average molecular weight is 336 g/mol. The van der Waals surface area contributed by atoms with Gasteiger partial charge in [-0.25, -0.2) is 5.48 Å². The molecule has 0 aliphatic carbocycles. The Morgan fingerprint density at radius 2 is 2.13 bits per heavy atom. The van der Waals surface area contributed by atoms with Crippen molar-refractivity contribution in [3.8, 4) is 0 Å². The van der Waals surface area contributed by atoms with E-state index in [1.807, 2.05) is 0 Å². The van der Waals surface area contributed by atoms with Gasteiger partial charge in [-0.3, -0.25) is 19.1 Å². The smallest absolute Gasteiger partial charge is 0.382 e. The van der Waals surface area contributed by atoms with Gasteiger partial charge in [-0.1, -0.05) is 0 Å². The Morgan fingerprint density at radius 3 is 2.65 bits per heavy atom. The van der Waals surface area contributed by atoms with E-state index in [4.69, 9.17) is 0 Å². The van der Waals surface area contributed by atoms with Crippen molar-refractivity contribution in [2.24, 2.45) is 13.0 Å². The zero-order valence-corrected chi connectivity index (χ0v) is 12.2. The summed E-state index contributed by atoms with van der Waals surface area (Å²) in [5.74, 6) is -3.05. The summed E-state index contributed by atoms with van der Waals surface area (Å²) >= 11 is 0. The molecule has 0 saturated carbocycles. The molecule has 1 aliphatic heterocycles. The molecule has 0 spiro atoms. The number of carbonyl (C=O) groups is 2. The van der Waals surface area contributed by atoms with Crippen LogP contribution in [0.15, 0.2) is 12.4 Å².